The van der Waals surface area contributed by atoms with Crippen molar-refractivity contribution in [3.05, 3.63) is 24.6 Å². The maximum Gasteiger partial charge on any atom is 0.217 e. The summed E-state index contributed by atoms with van der Waals surface area (Å²) in [5.74, 6) is 0.0667. The van der Waals surface area contributed by atoms with Gasteiger partial charge in [0.2, 0.25) is 5.91 Å². The highest BCUT2D eigenvalue weighted by Gasteiger charge is 2.36. The lowest BCUT2D eigenvalue weighted by atomic mass is 10.0. The first-order valence-electron chi connectivity index (χ1n) is 12.8. The zero-order valence-electron chi connectivity index (χ0n) is 20.3. The summed E-state index contributed by atoms with van der Waals surface area (Å²) in [4.78, 5) is 11.2. The third-order valence-corrected chi connectivity index (χ3v) is 6.61. The van der Waals surface area contributed by atoms with Gasteiger partial charge in [-0.1, -0.05) is 76.4 Å². The number of carbonyl (C=O) groups excluding carboxylic acids is 1. The van der Waals surface area contributed by atoms with Crippen molar-refractivity contribution < 1.29 is 9.28 Å². The third kappa shape index (κ3) is 11.8. The Kier molecular flexibility index (Phi) is 15.5. The Hall–Kier alpha value is -1.29. The number of hydrogen-bond donors (Lipinski definition) is 2. The molecule has 4 nitrogen and oxygen atoms in total. The molecule has 1 rings (SSSR count). The molecule has 0 aromatic carbocycles. The third-order valence-electron chi connectivity index (χ3n) is 6.61. The number of quaternary nitrogens is 1. The summed E-state index contributed by atoms with van der Waals surface area (Å²) in [7, 11) is 0. The number of amides is 1. The molecule has 2 atom stereocenters. The van der Waals surface area contributed by atoms with Gasteiger partial charge >= 0.3 is 0 Å². The smallest absolute Gasteiger partial charge is 0.217 e. The Balaban J connectivity index is 1.97. The van der Waals surface area contributed by atoms with Gasteiger partial charge in [-0.15, -0.1) is 0 Å². The Morgan fingerprint density at radius 2 is 1.53 bits per heavy atom. The van der Waals surface area contributed by atoms with E-state index in [4.69, 9.17) is 0 Å². The fraction of sp³-hybridized carbons (Fsp3) is 0.808. The van der Waals surface area contributed by atoms with Crippen LogP contribution in [0.5, 0.6) is 0 Å². The number of likely N-dealkylation sites (N-methyl/N-ethyl adjacent to an activating group) is 1. The van der Waals surface area contributed by atoms with Gasteiger partial charge in [0.25, 0.3) is 0 Å². The molecule has 1 amide bonds. The topological polar surface area (TPSA) is 41.1 Å². The number of hydrogen-bond acceptors (Lipinski definition) is 2. The largest absolute Gasteiger partial charge is 0.351 e. The van der Waals surface area contributed by atoms with Gasteiger partial charge in [-0.25, -0.2) is 0 Å². The number of nitrogens with zero attached hydrogens (tertiary/aromatic N) is 1. The van der Waals surface area contributed by atoms with E-state index in [-0.39, 0.29) is 5.91 Å². The average molecular weight is 421 g/mol. The monoisotopic (exact) mass is 420 g/mol. The van der Waals surface area contributed by atoms with Crippen molar-refractivity contribution in [2.24, 2.45) is 0 Å². The highest BCUT2D eigenvalue weighted by Crippen LogP contribution is 2.23. The number of allylic oxidation sites excluding steroid dienone is 2. The fourth-order valence-corrected chi connectivity index (χ4v) is 4.58. The summed E-state index contributed by atoms with van der Waals surface area (Å²) in [5, 5.41) is 6.52. The van der Waals surface area contributed by atoms with Gasteiger partial charge in [0.05, 0.1) is 19.3 Å². The molecule has 0 aromatic rings. The first-order valence-corrected chi connectivity index (χ1v) is 12.8. The minimum atomic E-state index is 0.0667. The van der Waals surface area contributed by atoms with Gasteiger partial charge in [0, 0.05) is 13.3 Å². The van der Waals surface area contributed by atoms with Crippen LogP contribution in [0.2, 0.25) is 0 Å². The molecule has 1 heterocycles. The predicted octanol–water partition coefficient (Wildman–Crippen LogP) is 6.40. The fourth-order valence-electron chi connectivity index (χ4n) is 4.58. The van der Waals surface area contributed by atoms with E-state index in [2.05, 4.69) is 49.0 Å². The summed E-state index contributed by atoms with van der Waals surface area (Å²) in [6.07, 6.45) is 28.5. The summed E-state index contributed by atoms with van der Waals surface area (Å²) < 4.78 is 0.954. The summed E-state index contributed by atoms with van der Waals surface area (Å²) in [5.41, 5.74) is 0. The van der Waals surface area contributed by atoms with Crippen molar-refractivity contribution in [2.45, 2.75) is 117 Å². The lowest BCUT2D eigenvalue weighted by molar-refractivity contribution is -0.898. The Morgan fingerprint density at radius 1 is 0.967 bits per heavy atom. The lowest BCUT2D eigenvalue weighted by Gasteiger charge is -2.37. The van der Waals surface area contributed by atoms with E-state index in [9.17, 15) is 4.79 Å². The van der Waals surface area contributed by atoms with E-state index in [0.717, 1.165) is 24.1 Å². The number of carbonyl (C=O) groups is 1. The van der Waals surface area contributed by atoms with E-state index in [1.807, 2.05) is 0 Å². The number of rotatable bonds is 19. The molecule has 0 saturated heterocycles. The second-order valence-corrected chi connectivity index (χ2v) is 9.01. The molecule has 30 heavy (non-hydrogen) atoms. The van der Waals surface area contributed by atoms with Crippen molar-refractivity contribution in [1.82, 2.24) is 10.6 Å². The molecule has 0 fully saturated rings. The lowest BCUT2D eigenvalue weighted by Crippen LogP contribution is -2.55. The standard InChI is InChI=1S/C26H49N3O/c1-4-6-7-8-9-10-11-12-13-14-15-16-17-18-19-20-26-28-22-24-29(26,5-2)23-21-27-25(3)30/h4,6,22,24,26,28H,5,7-21,23H2,1-3H3/p+1/b6-4+. The van der Waals surface area contributed by atoms with E-state index >= 15 is 0 Å². The molecular formula is C26H50N3O+. The average Bonchev–Trinajstić information content (AvgIpc) is 3.13. The van der Waals surface area contributed by atoms with Crippen LogP contribution < -0.4 is 10.6 Å². The van der Waals surface area contributed by atoms with Crippen LogP contribution >= 0.6 is 0 Å². The van der Waals surface area contributed by atoms with Gasteiger partial charge in [0.15, 0.2) is 6.17 Å². The molecule has 0 aliphatic carbocycles. The zero-order chi connectivity index (χ0) is 21.9. The molecule has 0 spiro atoms. The zero-order valence-corrected chi connectivity index (χ0v) is 20.3. The maximum atomic E-state index is 11.2. The van der Waals surface area contributed by atoms with Crippen LogP contribution in [0.4, 0.5) is 0 Å². The van der Waals surface area contributed by atoms with E-state index < -0.39 is 0 Å². The first kappa shape index (κ1) is 26.7. The van der Waals surface area contributed by atoms with Crippen LogP contribution in [0.25, 0.3) is 0 Å². The van der Waals surface area contributed by atoms with Gasteiger partial charge < -0.3 is 10.6 Å². The summed E-state index contributed by atoms with van der Waals surface area (Å²) in [6.45, 7) is 8.76. The number of nitrogens with one attached hydrogen (secondary N) is 2. The summed E-state index contributed by atoms with van der Waals surface area (Å²) in [6, 6.07) is 0. The predicted molar refractivity (Wildman–Crippen MR) is 130 cm³/mol. The van der Waals surface area contributed by atoms with Crippen molar-refractivity contribution in [3.8, 4) is 0 Å². The first-order chi connectivity index (χ1) is 14.6. The van der Waals surface area contributed by atoms with E-state index in [1.54, 1.807) is 6.92 Å². The molecule has 0 bridgehead atoms. The summed E-state index contributed by atoms with van der Waals surface area (Å²) >= 11 is 0. The Morgan fingerprint density at radius 3 is 2.07 bits per heavy atom. The highest BCUT2D eigenvalue weighted by atomic mass is 16.1. The molecule has 174 valence electrons. The van der Waals surface area contributed by atoms with Crippen LogP contribution in [0, 0.1) is 0 Å². The molecular weight excluding hydrogens is 370 g/mol. The van der Waals surface area contributed by atoms with Crippen molar-refractivity contribution in [2.75, 3.05) is 19.6 Å². The number of unbranched alkanes of at least 4 members (excludes halogenated alkanes) is 12. The van der Waals surface area contributed by atoms with Gasteiger partial charge in [0.1, 0.15) is 12.7 Å². The van der Waals surface area contributed by atoms with Crippen LogP contribution in [0.1, 0.15) is 111 Å². The second-order valence-electron chi connectivity index (χ2n) is 9.01. The minimum Gasteiger partial charge on any atom is -0.351 e. The second kappa shape index (κ2) is 17.4. The molecule has 0 radical (unpaired) electrons. The molecule has 2 N–H and O–H groups in total. The Labute approximate surface area is 187 Å². The van der Waals surface area contributed by atoms with Gasteiger partial charge in [-0.05, 0) is 33.1 Å². The van der Waals surface area contributed by atoms with Crippen LogP contribution in [0.3, 0.4) is 0 Å². The van der Waals surface area contributed by atoms with Crippen LogP contribution in [-0.4, -0.2) is 36.2 Å². The molecule has 1 aliphatic heterocycles. The highest BCUT2D eigenvalue weighted by molar-refractivity contribution is 5.72. The van der Waals surface area contributed by atoms with Gasteiger partial charge in [-0.2, -0.15) is 0 Å². The molecule has 4 heteroatoms. The molecule has 1 aliphatic rings. The van der Waals surface area contributed by atoms with Crippen LogP contribution in [0.15, 0.2) is 24.6 Å². The van der Waals surface area contributed by atoms with E-state index in [0.29, 0.717) is 6.17 Å². The van der Waals surface area contributed by atoms with Crippen molar-refractivity contribution in [1.29, 1.82) is 0 Å². The molecule has 2 unspecified atom stereocenters. The normalized spacial score (nSPS) is 20.7. The van der Waals surface area contributed by atoms with Crippen molar-refractivity contribution >= 4 is 5.91 Å². The quantitative estimate of drug-likeness (QED) is 0.144. The Bertz CT molecular complexity index is 489. The van der Waals surface area contributed by atoms with Gasteiger partial charge in [-0.3, -0.25) is 9.28 Å². The van der Waals surface area contributed by atoms with Crippen LogP contribution in [-0.2, 0) is 4.79 Å². The SMILES string of the molecule is C/C=C/CCCCCCCCCCCCCCC1NC=C[N+]1(CC)CCNC(C)=O. The maximum absolute atomic E-state index is 11.2. The molecule has 0 saturated carbocycles. The van der Waals surface area contributed by atoms with E-state index in [1.165, 1.54) is 89.9 Å². The minimum absolute atomic E-state index is 0.0667. The molecule has 0 aromatic heterocycles. The van der Waals surface area contributed by atoms with Crippen molar-refractivity contribution in [3.63, 3.8) is 0 Å².